The topological polar surface area (TPSA) is 42.2 Å². The molecule has 0 spiro atoms. The summed E-state index contributed by atoms with van der Waals surface area (Å²) in [5.41, 5.74) is 1.31. The highest BCUT2D eigenvalue weighted by Crippen LogP contribution is 2.29. The zero-order chi connectivity index (χ0) is 13.0. The molecule has 0 saturated heterocycles. The van der Waals surface area contributed by atoms with Crippen molar-refractivity contribution in [1.29, 1.82) is 0 Å². The normalized spacial score (nSPS) is 10.3. The van der Waals surface area contributed by atoms with Gasteiger partial charge in [0.2, 0.25) is 0 Å². The third-order valence-corrected chi connectivity index (χ3v) is 2.88. The maximum Gasteiger partial charge on any atom is 0.251 e. The summed E-state index contributed by atoms with van der Waals surface area (Å²) in [7, 11) is 0. The van der Waals surface area contributed by atoms with Crippen LogP contribution in [0, 0.1) is 0 Å². The monoisotopic (exact) mass is 263 g/mol. The van der Waals surface area contributed by atoms with Crippen LogP contribution in [0.4, 0.5) is 0 Å². The second-order valence-corrected chi connectivity index (χ2v) is 4.34. The summed E-state index contributed by atoms with van der Waals surface area (Å²) >= 11 is 6.10. The Labute approximate surface area is 111 Å². The Morgan fingerprint density at radius 2 is 2.22 bits per heavy atom. The number of amides is 1. The SMILES string of the molecule is CCCNC(=O)c1ccc(Cl)c(-c2ccco2)c1. The van der Waals surface area contributed by atoms with Crippen molar-refractivity contribution < 1.29 is 9.21 Å². The summed E-state index contributed by atoms with van der Waals surface area (Å²) < 4.78 is 5.30. The van der Waals surface area contributed by atoms with E-state index in [0.717, 1.165) is 12.0 Å². The molecular formula is C14H14ClNO2. The lowest BCUT2D eigenvalue weighted by Gasteiger charge is -2.06. The minimum absolute atomic E-state index is 0.0960. The summed E-state index contributed by atoms with van der Waals surface area (Å²) in [6, 6.07) is 8.76. The molecule has 0 aliphatic rings. The molecule has 1 N–H and O–H groups in total. The van der Waals surface area contributed by atoms with Crippen molar-refractivity contribution in [3.63, 3.8) is 0 Å². The summed E-state index contributed by atoms with van der Waals surface area (Å²) in [4.78, 5) is 11.9. The van der Waals surface area contributed by atoms with E-state index in [0.29, 0.717) is 22.9 Å². The van der Waals surface area contributed by atoms with Crippen LogP contribution in [0.1, 0.15) is 23.7 Å². The van der Waals surface area contributed by atoms with Gasteiger partial charge in [0, 0.05) is 17.7 Å². The maximum absolute atomic E-state index is 11.9. The zero-order valence-corrected chi connectivity index (χ0v) is 10.8. The van der Waals surface area contributed by atoms with Gasteiger partial charge in [0.25, 0.3) is 5.91 Å². The lowest BCUT2D eigenvalue weighted by atomic mass is 10.1. The highest BCUT2D eigenvalue weighted by molar-refractivity contribution is 6.33. The number of nitrogens with one attached hydrogen (secondary N) is 1. The van der Waals surface area contributed by atoms with Gasteiger partial charge in [-0.05, 0) is 36.8 Å². The molecule has 0 saturated carbocycles. The maximum atomic E-state index is 11.9. The van der Waals surface area contributed by atoms with E-state index in [9.17, 15) is 4.79 Å². The number of halogens is 1. The van der Waals surface area contributed by atoms with Gasteiger partial charge in [0.15, 0.2) is 0 Å². The third-order valence-electron chi connectivity index (χ3n) is 2.55. The lowest BCUT2D eigenvalue weighted by molar-refractivity contribution is 0.0953. The van der Waals surface area contributed by atoms with Crippen molar-refractivity contribution in [3.8, 4) is 11.3 Å². The molecule has 0 unspecified atom stereocenters. The van der Waals surface area contributed by atoms with E-state index in [4.69, 9.17) is 16.0 Å². The van der Waals surface area contributed by atoms with E-state index in [1.165, 1.54) is 0 Å². The first kappa shape index (κ1) is 12.7. The number of hydrogen-bond donors (Lipinski definition) is 1. The van der Waals surface area contributed by atoms with Gasteiger partial charge in [-0.1, -0.05) is 18.5 Å². The molecule has 1 heterocycles. The van der Waals surface area contributed by atoms with E-state index in [-0.39, 0.29) is 5.91 Å². The summed E-state index contributed by atoms with van der Waals surface area (Å²) in [6.07, 6.45) is 2.49. The molecule has 0 aliphatic carbocycles. The molecule has 0 bridgehead atoms. The highest BCUT2D eigenvalue weighted by atomic mass is 35.5. The molecule has 0 atom stereocenters. The number of rotatable bonds is 4. The molecule has 4 heteroatoms. The fourth-order valence-corrected chi connectivity index (χ4v) is 1.84. The number of furan rings is 1. The van der Waals surface area contributed by atoms with E-state index in [2.05, 4.69) is 5.32 Å². The van der Waals surface area contributed by atoms with Crippen molar-refractivity contribution in [3.05, 3.63) is 47.2 Å². The molecule has 3 nitrogen and oxygen atoms in total. The minimum Gasteiger partial charge on any atom is -0.464 e. The predicted octanol–water partition coefficient (Wildman–Crippen LogP) is 3.74. The quantitative estimate of drug-likeness (QED) is 0.913. The molecule has 0 radical (unpaired) electrons. The first-order chi connectivity index (χ1) is 8.72. The summed E-state index contributed by atoms with van der Waals surface area (Å²) in [6.45, 7) is 2.67. The molecule has 2 aromatic rings. The van der Waals surface area contributed by atoms with Gasteiger partial charge in [-0.2, -0.15) is 0 Å². The van der Waals surface area contributed by atoms with Gasteiger partial charge in [-0.25, -0.2) is 0 Å². The average molecular weight is 264 g/mol. The van der Waals surface area contributed by atoms with E-state index >= 15 is 0 Å². The van der Waals surface area contributed by atoms with Crippen LogP contribution in [0.3, 0.4) is 0 Å². The third kappa shape index (κ3) is 2.74. The van der Waals surface area contributed by atoms with Gasteiger partial charge >= 0.3 is 0 Å². The van der Waals surface area contributed by atoms with Gasteiger partial charge in [0.05, 0.1) is 11.3 Å². The van der Waals surface area contributed by atoms with Crippen LogP contribution >= 0.6 is 11.6 Å². The number of carbonyl (C=O) groups excluding carboxylic acids is 1. The van der Waals surface area contributed by atoms with E-state index in [1.54, 1.807) is 30.5 Å². The molecule has 0 aliphatic heterocycles. The Morgan fingerprint density at radius 1 is 1.39 bits per heavy atom. The Hall–Kier alpha value is -1.74. The second-order valence-electron chi connectivity index (χ2n) is 3.93. The first-order valence-electron chi connectivity index (χ1n) is 5.84. The van der Waals surface area contributed by atoms with Crippen LogP contribution in [-0.2, 0) is 0 Å². The Bertz CT molecular complexity index is 535. The standard InChI is InChI=1S/C14H14ClNO2/c1-2-7-16-14(17)10-5-6-12(15)11(9-10)13-4-3-8-18-13/h3-6,8-9H,2,7H2,1H3,(H,16,17). The summed E-state index contributed by atoms with van der Waals surface area (Å²) in [5.74, 6) is 0.562. The molecular weight excluding hydrogens is 250 g/mol. The van der Waals surface area contributed by atoms with Crippen LogP contribution in [-0.4, -0.2) is 12.5 Å². The molecule has 1 amide bonds. The largest absolute Gasteiger partial charge is 0.464 e. The van der Waals surface area contributed by atoms with Crippen molar-refractivity contribution in [1.82, 2.24) is 5.32 Å². The Morgan fingerprint density at radius 3 is 2.89 bits per heavy atom. The van der Waals surface area contributed by atoms with Crippen LogP contribution in [0.2, 0.25) is 5.02 Å². The molecule has 18 heavy (non-hydrogen) atoms. The van der Waals surface area contributed by atoms with Gasteiger partial charge in [-0.15, -0.1) is 0 Å². The predicted molar refractivity (Wildman–Crippen MR) is 71.8 cm³/mol. The zero-order valence-electron chi connectivity index (χ0n) is 10.1. The molecule has 1 aromatic carbocycles. The number of hydrogen-bond acceptors (Lipinski definition) is 2. The molecule has 0 fully saturated rings. The van der Waals surface area contributed by atoms with Crippen LogP contribution in [0.5, 0.6) is 0 Å². The molecule has 94 valence electrons. The van der Waals surface area contributed by atoms with Gasteiger partial charge < -0.3 is 9.73 Å². The Balaban J connectivity index is 2.29. The van der Waals surface area contributed by atoms with Crippen LogP contribution in [0.25, 0.3) is 11.3 Å². The molecule has 2 rings (SSSR count). The van der Waals surface area contributed by atoms with Crippen molar-refractivity contribution >= 4 is 17.5 Å². The van der Waals surface area contributed by atoms with E-state index < -0.39 is 0 Å². The number of carbonyl (C=O) groups is 1. The minimum atomic E-state index is -0.0960. The Kier molecular flexibility index (Phi) is 4.05. The summed E-state index contributed by atoms with van der Waals surface area (Å²) in [5, 5.41) is 3.39. The van der Waals surface area contributed by atoms with Crippen molar-refractivity contribution in [2.45, 2.75) is 13.3 Å². The van der Waals surface area contributed by atoms with Gasteiger partial charge in [0.1, 0.15) is 5.76 Å². The average Bonchev–Trinajstić information content (AvgIpc) is 2.90. The highest BCUT2D eigenvalue weighted by Gasteiger charge is 2.11. The second kappa shape index (κ2) is 5.74. The van der Waals surface area contributed by atoms with Crippen molar-refractivity contribution in [2.24, 2.45) is 0 Å². The molecule has 1 aromatic heterocycles. The van der Waals surface area contributed by atoms with Crippen LogP contribution < -0.4 is 5.32 Å². The fourth-order valence-electron chi connectivity index (χ4n) is 1.63. The smallest absolute Gasteiger partial charge is 0.251 e. The van der Waals surface area contributed by atoms with Crippen LogP contribution in [0.15, 0.2) is 41.0 Å². The first-order valence-corrected chi connectivity index (χ1v) is 6.21. The lowest BCUT2D eigenvalue weighted by Crippen LogP contribution is -2.23. The fraction of sp³-hybridized carbons (Fsp3) is 0.214. The van der Waals surface area contributed by atoms with Crippen molar-refractivity contribution in [2.75, 3.05) is 6.54 Å². The number of benzene rings is 1. The van der Waals surface area contributed by atoms with E-state index in [1.807, 2.05) is 13.0 Å². The van der Waals surface area contributed by atoms with Gasteiger partial charge in [-0.3, -0.25) is 4.79 Å².